The minimum absolute atomic E-state index is 0.142. The highest BCUT2D eigenvalue weighted by Crippen LogP contribution is 2.30. The van der Waals surface area contributed by atoms with Crippen molar-refractivity contribution in [2.75, 3.05) is 6.61 Å². The van der Waals surface area contributed by atoms with Gasteiger partial charge in [0, 0.05) is 11.1 Å². The van der Waals surface area contributed by atoms with Gasteiger partial charge in [-0.05, 0) is 25.0 Å². The van der Waals surface area contributed by atoms with E-state index in [0.717, 1.165) is 28.9 Å². The number of hydrogen-bond acceptors (Lipinski definition) is 3. The van der Waals surface area contributed by atoms with Crippen LogP contribution in [0.2, 0.25) is 0 Å². The van der Waals surface area contributed by atoms with Crippen molar-refractivity contribution >= 4 is 11.6 Å². The van der Waals surface area contributed by atoms with Crippen molar-refractivity contribution in [2.45, 2.75) is 13.3 Å². The average Bonchev–Trinajstić information content (AvgIpc) is 2.72. The Morgan fingerprint density at radius 1 is 1.56 bits per heavy atom. The summed E-state index contributed by atoms with van der Waals surface area (Å²) in [6.07, 6.45) is 2.78. The van der Waals surface area contributed by atoms with E-state index in [-0.39, 0.29) is 5.84 Å². The maximum absolute atomic E-state index is 8.70. The van der Waals surface area contributed by atoms with Gasteiger partial charge >= 0.3 is 0 Å². The summed E-state index contributed by atoms with van der Waals surface area (Å²) in [6, 6.07) is 5.71. The van der Waals surface area contributed by atoms with Crippen LogP contribution >= 0.6 is 0 Å². The summed E-state index contributed by atoms with van der Waals surface area (Å²) >= 11 is 0. The number of nitrogens with two attached hydrogens (primary N) is 1. The monoisotopic (exact) mass is 218 g/mol. The van der Waals surface area contributed by atoms with Crippen LogP contribution in [0.1, 0.15) is 23.6 Å². The number of benzene rings is 1. The minimum Gasteiger partial charge on any atom is -0.494 e. The van der Waals surface area contributed by atoms with Gasteiger partial charge in [-0.1, -0.05) is 23.4 Å². The van der Waals surface area contributed by atoms with Crippen molar-refractivity contribution in [3.63, 3.8) is 0 Å². The molecule has 0 aliphatic heterocycles. The quantitative estimate of drug-likeness (QED) is 0.351. The minimum atomic E-state index is 0.142. The standard InChI is InChI=1S/C12H14N2O2/c1-2-16-11-7-6-8-9(11)4-3-5-10(8)12(13)14-15/h3-5,7,15H,2,6H2,1H3,(H2,13,14). The molecule has 2 rings (SSSR count). The Kier molecular flexibility index (Phi) is 2.81. The number of fused-ring (bicyclic) bond motifs is 1. The van der Waals surface area contributed by atoms with Gasteiger partial charge in [0.1, 0.15) is 5.76 Å². The number of oxime groups is 1. The molecule has 84 valence electrons. The maximum Gasteiger partial charge on any atom is 0.170 e. The highest BCUT2D eigenvalue weighted by Gasteiger charge is 2.19. The topological polar surface area (TPSA) is 67.8 Å². The zero-order valence-electron chi connectivity index (χ0n) is 9.10. The lowest BCUT2D eigenvalue weighted by atomic mass is 10.0. The SMILES string of the molecule is CCOC1=CCc2c1cccc2/C(N)=N\O. The Labute approximate surface area is 94.0 Å². The molecular weight excluding hydrogens is 204 g/mol. The molecule has 0 saturated heterocycles. The molecule has 1 aliphatic rings. The number of allylic oxidation sites excluding steroid dienone is 1. The summed E-state index contributed by atoms with van der Waals surface area (Å²) in [5, 5.41) is 11.7. The van der Waals surface area contributed by atoms with Crippen LogP contribution in [0.25, 0.3) is 5.76 Å². The van der Waals surface area contributed by atoms with E-state index < -0.39 is 0 Å². The Balaban J connectivity index is 2.43. The Morgan fingerprint density at radius 2 is 2.38 bits per heavy atom. The zero-order valence-corrected chi connectivity index (χ0v) is 9.10. The maximum atomic E-state index is 8.70. The first-order valence-corrected chi connectivity index (χ1v) is 5.21. The first kappa shape index (κ1) is 10.5. The van der Waals surface area contributed by atoms with E-state index in [1.807, 2.05) is 31.2 Å². The van der Waals surface area contributed by atoms with E-state index in [4.69, 9.17) is 15.7 Å². The molecule has 0 amide bonds. The third-order valence-electron chi connectivity index (χ3n) is 2.62. The number of hydrogen-bond donors (Lipinski definition) is 2. The zero-order chi connectivity index (χ0) is 11.5. The fourth-order valence-electron chi connectivity index (χ4n) is 1.93. The van der Waals surface area contributed by atoms with E-state index in [1.54, 1.807) is 0 Å². The van der Waals surface area contributed by atoms with Crippen LogP contribution in [0.15, 0.2) is 29.4 Å². The summed E-state index contributed by atoms with van der Waals surface area (Å²) in [7, 11) is 0. The van der Waals surface area contributed by atoms with Crippen LogP contribution in [-0.2, 0) is 11.2 Å². The van der Waals surface area contributed by atoms with E-state index in [1.165, 1.54) is 0 Å². The molecule has 0 aromatic heterocycles. The first-order valence-electron chi connectivity index (χ1n) is 5.21. The fraction of sp³-hybridized carbons (Fsp3) is 0.250. The van der Waals surface area contributed by atoms with Crippen LogP contribution in [0, 0.1) is 0 Å². The van der Waals surface area contributed by atoms with Crippen LogP contribution in [0.4, 0.5) is 0 Å². The van der Waals surface area contributed by atoms with Gasteiger partial charge in [-0.2, -0.15) is 0 Å². The van der Waals surface area contributed by atoms with Crippen LogP contribution in [-0.4, -0.2) is 17.6 Å². The van der Waals surface area contributed by atoms with Crippen molar-refractivity contribution in [1.29, 1.82) is 0 Å². The molecule has 1 aromatic carbocycles. The molecule has 0 bridgehead atoms. The molecular formula is C12H14N2O2. The van der Waals surface area contributed by atoms with E-state index >= 15 is 0 Å². The number of rotatable bonds is 3. The Bertz CT molecular complexity index is 464. The van der Waals surface area contributed by atoms with E-state index in [0.29, 0.717) is 6.61 Å². The number of nitrogens with zero attached hydrogens (tertiary/aromatic N) is 1. The van der Waals surface area contributed by atoms with Gasteiger partial charge in [0.2, 0.25) is 0 Å². The van der Waals surface area contributed by atoms with E-state index in [9.17, 15) is 0 Å². The summed E-state index contributed by atoms with van der Waals surface area (Å²) in [5.74, 6) is 1.02. The molecule has 3 N–H and O–H groups in total. The molecule has 0 unspecified atom stereocenters. The van der Waals surface area contributed by atoms with Gasteiger partial charge in [0.25, 0.3) is 0 Å². The summed E-state index contributed by atoms with van der Waals surface area (Å²) < 4.78 is 5.52. The smallest absolute Gasteiger partial charge is 0.170 e. The molecule has 0 radical (unpaired) electrons. The molecule has 1 aromatic rings. The molecule has 0 heterocycles. The van der Waals surface area contributed by atoms with Gasteiger partial charge in [0.05, 0.1) is 6.61 Å². The summed E-state index contributed by atoms with van der Waals surface area (Å²) in [5.41, 5.74) is 8.48. The molecule has 4 nitrogen and oxygen atoms in total. The molecule has 4 heteroatoms. The highest BCUT2D eigenvalue weighted by molar-refractivity contribution is 6.00. The number of ether oxygens (including phenoxy) is 1. The third kappa shape index (κ3) is 1.62. The Morgan fingerprint density at radius 3 is 3.06 bits per heavy atom. The van der Waals surface area contributed by atoms with Crippen LogP contribution in [0.5, 0.6) is 0 Å². The van der Waals surface area contributed by atoms with Crippen molar-refractivity contribution in [3.8, 4) is 0 Å². The Hall–Kier alpha value is -1.97. The van der Waals surface area contributed by atoms with Gasteiger partial charge in [-0.3, -0.25) is 0 Å². The second-order valence-electron chi connectivity index (χ2n) is 3.52. The molecule has 0 saturated carbocycles. The van der Waals surface area contributed by atoms with Crippen molar-refractivity contribution in [1.82, 2.24) is 0 Å². The van der Waals surface area contributed by atoms with Crippen molar-refractivity contribution in [2.24, 2.45) is 10.9 Å². The highest BCUT2D eigenvalue weighted by atomic mass is 16.5. The van der Waals surface area contributed by atoms with Gasteiger partial charge < -0.3 is 15.7 Å². The lowest BCUT2D eigenvalue weighted by molar-refractivity contribution is 0.298. The second-order valence-corrected chi connectivity index (χ2v) is 3.52. The molecule has 1 aliphatic carbocycles. The lowest BCUT2D eigenvalue weighted by Crippen LogP contribution is -2.15. The summed E-state index contributed by atoms with van der Waals surface area (Å²) in [6.45, 7) is 2.59. The molecule has 0 atom stereocenters. The van der Waals surface area contributed by atoms with Crippen LogP contribution < -0.4 is 5.73 Å². The van der Waals surface area contributed by atoms with Gasteiger partial charge in [0.15, 0.2) is 5.84 Å². The van der Waals surface area contributed by atoms with Gasteiger partial charge in [-0.15, -0.1) is 0 Å². The predicted octanol–water partition coefficient (Wildman–Crippen LogP) is 1.71. The second kappa shape index (κ2) is 4.26. The summed E-state index contributed by atoms with van der Waals surface area (Å²) in [4.78, 5) is 0. The average molecular weight is 218 g/mol. The largest absolute Gasteiger partial charge is 0.494 e. The van der Waals surface area contributed by atoms with Crippen molar-refractivity contribution in [3.05, 3.63) is 41.0 Å². The number of amidine groups is 1. The van der Waals surface area contributed by atoms with Crippen LogP contribution in [0.3, 0.4) is 0 Å². The fourth-order valence-corrected chi connectivity index (χ4v) is 1.93. The molecule has 0 spiro atoms. The van der Waals surface area contributed by atoms with E-state index in [2.05, 4.69) is 5.16 Å². The first-order chi connectivity index (χ1) is 7.77. The molecule has 16 heavy (non-hydrogen) atoms. The third-order valence-corrected chi connectivity index (χ3v) is 2.62. The predicted molar refractivity (Wildman–Crippen MR) is 62.3 cm³/mol. The normalized spacial score (nSPS) is 14.6. The molecule has 0 fully saturated rings. The van der Waals surface area contributed by atoms with Crippen molar-refractivity contribution < 1.29 is 9.94 Å². The van der Waals surface area contributed by atoms with Gasteiger partial charge in [-0.25, -0.2) is 0 Å². The lowest BCUT2D eigenvalue weighted by Gasteiger charge is -2.09.